The average Bonchev–Trinajstić information content (AvgIpc) is 2.73. The number of aryl methyl sites for hydroxylation is 1. The molecular weight excluding hydrogens is 391 g/mol. The fourth-order valence-corrected chi connectivity index (χ4v) is 2.71. The lowest BCUT2D eigenvalue weighted by Gasteiger charge is -2.12. The minimum Gasteiger partial charge on any atom is -0.481 e. The Morgan fingerprint density at radius 1 is 1.03 bits per heavy atom. The number of nitrogens with zero attached hydrogens (tertiary/aromatic N) is 2. The first-order valence-corrected chi connectivity index (χ1v) is 9.48. The number of halogens is 1. The molecule has 0 unspecified atom stereocenters. The fourth-order valence-electron chi connectivity index (χ4n) is 2.52. The number of nitrogens with one attached hydrogen (secondary N) is 2. The summed E-state index contributed by atoms with van der Waals surface area (Å²) < 4.78 is 23.9. The van der Waals surface area contributed by atoms with E-state index in [0.29, 0.717) is 29.2 Å². The molecule has 1 heterocycles. The highest BCUT2D eigenvalue weighted by molar-refractivity contribution is 7.80. The van der Waals surface area contributed by atoms with Gasteiger partial charge in [0.1, 0.15) is 11.6 Å². The smallest absolute Gasteiger partial charge is 0.235 e. The number of para-hydroxylation sites is 1. The van der Waals surface area contributed by atoms with Gasteiger partial charge in [0.25, 0.3) is 0 Å². The molecule has 0 aliphatic carbocycles. The van der Waals surface area contributed by atoms with Gasteiger partial charge in [0.2, 0.25) is 17.7 Å². The first-order valence-electron chi connectivity index (χ1n) is 9.07. The first kappa shape index (κ1) is 20.5. The van der Waals surface area contributed by atoms with E-state index in [9.17, 15) is 4.39 Å². The molecule has 0 atom stereocenters. The lowest BCUT2D eigenvalue weighted by atomic mass is 10.1. The number of rotatable bonds is 8. The van der Waals surface area contributed by atoms with Crippen molar-refractivity contribution in [2.75, 3.05) is 19.0 Å². The third-order valence-electron chi connectivity index (χ3n) is 3.92. The van der Waals surface area contributed by atoms with Crippen LogP contribution in [0, 0.1) is 5.82 Å². The van der Waals surface area contributed by atoms with Crippen LogP contribution in [0.15, 0.2) is 60.7 Å². The Balaban J connectivity index is 1.52. The highest BCUT2D eigenvalue weighted by atomic mass is 32.1. The van der Waals surface area contributed by atoms with E-state index in [1.807, 2.05) is 30.3 Å². The maximum atomic E-state index is 12.9. The molecule has 0 spiro atoms. The van der Waals surface area contributed by atoms with E-state index >= 15 is 0 Å². The van der Waals surface area contributed by atoms with Gasteiger partial charge in [-0.3, -0.25) is 0 Å². The SMILES string of the molecule is COc1cc(Oc2ccccc2)nc(NC(=S)NCCCc2ccc(F)cc2)n1. The largest absolute Gasteiger partial charge is 0.481 e. The maximum Gasteiger partial charge on any atom is 0.235 e. The van der Waals surface area contributed by atoms with Gasteiger partial charge < -0.3 is 20.1 Å². The van der Waals surface area contributed by atoms with Crippen LogP contribution < -0.4 is 20.1 Å². The fraction of sp³-hybridized carbons (Fsp3) is 0.190. The van der Waals surface area contributed by atoms with Crippen molar-refractivity contribution in [3.8, 4) is 17.5 Å². The number of thiocarbonyl (C=S) groups is 1. The Labute approximate surface area is 174 Å². The monoisotopic (exact) mass is 412 g/mol. The van der Waals surface area contributed by atoms with Crippen molar-refractivity contribution in [1.29, 1.82) is 0 Å². The quantitative estimate of drug-likeness (QED) is 0.421. The van der Waals surface area contributed by atoms with Crippen LogP contribution in [0.25, 0.3) is 0 Å². The van der Waals surface area contributed by atoms with Gasteiger partial charge in [-0.05, 0) is 54.9 Å². The summed E-state index contributed by atoms with van der Waals surface area (Å²) in [4.78, 5) is 8.54. The summed E-state index contributed by atoms with van der Waals surface area (Å²) in [5.74, 6) is 1.38. The lowest BCUT2D eigenvalue weighted by Crippen LogP contribution is -2.30. The highest BCUT2D eigenvalue weighted by Crippen LogP contribution is 2.23. The van der Waals surface area contributed by atoms with E-state index in [1.54, 1.807) is 18.2 Å². The van der Waals surface area contributed by atoms with Gasteiger partial charge in [0.05, 0.1) is 13.2 Å². The van der Waals surface area contributed by atoms with Crippen molar-refractivity contribution in [2.45, 2.75) is 12.8 Å². The van der Waals surface area contributed by atoms with E-state index in [4.69, 9.17) is 21.7 Å². The van der Waals surface area contributed by atoms with Crippen LogP contribution in [0.3, 0.4) is 0 Å². The molecule has 0 radical (unpaired) electrons. The molecule has 2 N–H and O–H groups in total. The third kappa shape index (κ3) is 6.69. The van der Waals surface area contributed by atoms with Gasteiger partial charge in [-0.25, -0.2) is 4.39 Å². The van der Waals surface area contributed by atoms with Crippen molar-refractivity contribution in [2.24, 2.45) is 0 Å². The predicted molar refractivity (Wildman–Crippen MR) is 114 cm³/mol. The molecule has 0 bridgehead atoms. The van der Waals surface area contributed by atoms with E-state index in [-0.39, 0.29) is 11.8 Å². The van der Waals surface area contributed by atoms with Gasteiger partial charge in [-0.1, -0.05) is 30.3 Å². The highest BCUT2D eigenvalue weighted by Gasteiger charge is 2.08. The molecule has 0 saturated carbocycles. The molecule has 0 saturated heterocycles. The first-order chi connectivity index (χ1) is 14.1. The van der Waals surface area contributed by atoms with E-state index in [0.717, 1.165) is 18.4 Å². The zero-order valence-electron chi connectivity index (χ0n) is 15.9. The summed E-state index contributed by atoms with van der Waals surface area (Å²) in [6.07, 6.45) is 1.66. The molecule has 6 nitrogen and oxygen atoms in total. The summed E-state index contributed by atoms with van der Waals surface area (Å²) in [5, 5.41) is 6.43. The topological polar surface area (TPSA) is 68.3 Å². The number of ether oxygens (including phenoxy) is 2. The molecular formula is C21H21FN4O2S. The number of benzene rings is 2. The molecule has 150 valence electrons. The summed E-state index contributed by atoms with van der Waals surface area (Å²) in [5.41, 5.74) is 1.07. The van der Waals surface area contributed by atoms with Gasteiger partial charge in [-0.15, -0.1) is 0 Å². The van der Waals surface area contributed by atoms with Crippen LogP contribution >= 0.6 is 12.2 Å². The summed E-state index contributed by atoms with van der Waals surface area (Å²) >= 11 is 5.30. The van der Waals surface area contributed by atoms with Crippen LogP contribution in [-0.4, -0.2) is 28.7 Å². The van der Waals surface area contributed by atoms with Crippen LogP contribution in [0.4, 0.5) is 10.3 Å². The van der Waals surface area contributed by atoms with Crippen LogP contribution in [-0.2, 0) is 6.42 Å². The minimum absolute atomic E-state index is 0.230. The molecule has 3 aromatic rings. The van der Waals surface area contributed by atoms with Crippen molar-refractivity contribution >= 4 is 23.3 Å². The minimum atomic E-state index is -0.230. The Morgan fingerprint density at radius 3 is 2.48 bits per heavy atom. The molecule has 29 heavy (non-hydrogen) atoms. The normalized spacial score (nSPS) is 10.3. The predicted octanol–water partition coefficient (Wildman–Crippen LogP) is 4.34. The van der Waals surface area contributed by atoms with Gasteiger partial charge in [-0.2, -0.15) is 9.97 Å². The Bertz CT molecular complexity index is 939. The van der Waals surface area contributed by atoms with Gasteiger partial charge in [0, 0.05) is 6.54 Å². The van der Waals surface area contributed by atoms with Crippen LogP contribution in [0.2, 0.25) is 0 Å². The van der Waals surface area contributed by atoms with Gasteiger partial charge >= 0.3 is 0 Å². The molecule has 0 aliphatic heterocycles. The van der Waals surface area contributed by atoms with Crippen molar-refractivity contribution in [3.63, 3.8) is 0 Å². The van der Waals surface area contributed by atoms with Crippen LogP contribution in [0.5, 0.6) is 17.5 Å². The molecule has 0 amide bonds. The standard InChI is InChI=1S/C21H21FN4O2S/c1-27-18-14-19(28-17-7-3-2-4-8-17)25-20(24-18)26-21(29)23-13-5-6-15-9-11-16(22)12-10-15/h2-4,7-12,14H,5-6,13H2,1H3,(H2,23,24,25,26,29). The second-order valence-electron chi connectivity index (χ2n) is 6.10. The molecule has 3 rings (SSSR count). The molecule has 8 heteroatoms. The van der Waals surface area contributed by atoms with E-state index in [1.165, 1.54) is 19.2 Å². The number of aromatic nitrogens is 2. The summed E-state index contributed by atoms with van der Waals surface area (Å²) in [6, 6.07) is 17.4. The maximum absolute atomic E-state index is 12.9. The Kier molecular flexibility index (Phi) is 7.29. The molecule has 0 fully saturated rings. The molecule has 2 aromatic carbocycles. The summed E-state index contributed by atoms with van der Waals surface area (Å²) in [6.45, 7) is 0.653. The Morgan fingerprint density at radius 2 is 1.76 bits per heavy atom. The van der Waals surface area contributed by atoms with E-state index < -0.39 is 0 Å². The molecule has 0 aliphatic rings. The van der Waals surface area contributed by atoms with Crippen molar-refractivity contribution in [3.05, 3.63) is 72.0 Å². The van der Waals surface area contributed by atoms with Gasteiger partial charge in [0.15, 0.2) is 5.11 Å². The van der Waals surface area contributed by atoms with Crippen molar-refractivity contribution < 1.29 is 13.9 Å². The second-order valence-corrected chi connectivity index (χ2v) is 6.51. The third-order valence-corrected chi connectivity index (χ3v) is 4.17. The number of anilines is 1. The number of hydrogen-bond donors (Lipinski definition) is 2. The number of hydrogen-bond acceptors (Lipinski definition) is 5. The van der Waals surface area contributed by atoms with E-state index in [2.05, 4.69) is 20.6 Å². The Hall–Kier alpha value is -3.26. The van der Waals surface area contributed by atoms with Crippen LogP contribution in [0.1, 0.15) is 12.0 Å². The second kappa shape index (κ2) is 10.3. The number of methoxy groups -OCH3 is 1. The van der Waals surface area contributed by atoms with Crippen molar-refractivity contribution in [1.82, 2.24) is 15.3 Å². The lowest BCUT2D eigenvalue weighted by molar-refractivity contribution is 0.389. The molecule has 1 aromatic heterocycles. The zero-order chi connectivity index (χ0) is 20.5. The summed E-state index contributed by atoms with van der Waals surface area (Å²) in [7, 11) is 1.52. The average molecular weight is 412 g/mol. The zero-order valence-corrected chi connectivity index (χ0v) is 16.7.